The molecule has 5 N–H and O–H groups in total. The molecule has 9 atom stereocenters. The van der Waals surface area contributed by atoms with E-state index in [0.717, 1.165) is 32.2 Å². The third kappa shape index (κ3) is 5.72. The summed E-state index contributed by atoms with van der Waals surface area (Å²) in [7, 11) is 0. The molecule has 7 nitrogen and oxygen atoms in total. The Bertz CT molecular complexity index is 485. The first-order valence-corrected chi connectivity index (χ1v) is 11.4. The molecule has 2 aliphatic rings. The molecule has 0 spiro atoms. The second-order valence-electron chi connectivity index (χ2n) is 7.54. The Balaban J connectivity index is 2.07. The lowest BCUT2D eigenvalue weighted by Crippen LogP contribution is -2.65. The highest BCUT2D eigenvalue weighted by molar-refractivity contribution is 7.99. The number of aliphatic hydroxyl groups is 3. The molecule has 27 heavy (non-hydrogen) atoms. The topological polar surface area (TPSA) is 111 Å². The lowest BCUT2D eigenvalue weighted by Gasteiger charge is -2.44. The minimum atomic E-state index is -1.36. The smallest absolute Gasteiger partial charge is 0.237 e. The second-order valence-corrected chi connectivity index (χ2v) is 9.16. The van der Waals surface area contributed by atoms with Crippen LogP contribution in [0.15, 0.2) is 0 Å². The van der Waals surface area contributed by atoms with Crippen LogP contribution in [0.25, 0.3) is 0 Å². The van der Waals surface area contributed by atoms with Crippen LogP contribution in [0.2, 0.25) is 0 Å². The van der Waals surface area contributed by atoms with Crippen LogP contribution < -0.4 is 10.6 Å². The number of alkyl halides is 1. The first-order chi connectivity index (χ1) is 12.8. The van der Waals surface area contributed by atoms with E-state index in [1.54, 1.807) is 13.2 Å². The zero-order valence-corrected chi connectivity index (χ0v) is 17.7. The molecule has 0 aromatic heterocycles. The van der Waals surface area contributed by atoms with Gasteiger partial charge in [0.05, 0.1) is 17.5 Å². The lowest BCUT2D eigenvalue weighted by atomic mass is 9.92. The number of thioether (sulfide) groups is 1. The molecule has 0 aromatic carbocycles. The van der Waals surface area contributed by atoms with Crippen LogP contribution in [-0.4, -0.2) is 81.3 Å². The Morgan fingerprint density at radius 1 is 1.26 bits per heavy atom. The van der Waals surface area contributed by atoms with Crippen molar-refractivity contribution in [3.8, 4) is 0 Å². The largest absolute Gasteiger partial charge is 0.388 e. The Kier molecular flexibility index (Phi) is 9.12. The zero-order valence-electron chi connectivity index (χ0n) is 16.2. The molecule has 2 rings (SSSR count). The van der Waals surface area contributed by atoms with Gasteiger partial charge in [-0.15, -0.1) is 23.4 Å². The van der Waals surface area contributed by atoms with Crippen LogP contribution >= 0.6 is 23.4 Å². The molecule has 0 aliphatic carbocycles. The average molecular weight is 425 g/mol. The average Bonchev–Trinajstić information content (AvgIpc) is 2.90. The SMILES string of the molecule is CCC1CCNC(C(=O)NC(C(C)Cl)C2OC(SC)C(O)C(O)C2O)CC1. The fraction of sp³-hybridized carbons (Fsp3) is 0.944. The van der Waals surface area contributed by atoms with Crippen LogP contribution in [0.4, 0.5) is 0 Å². The monoisotopic (exact) mass is 424 g/mol. The molecular weight excluding hydrogens is 392 g/mol. The summed E-state index contributed by atoms with van der Waals surface area (Å²) in [4.78, 5) is 12.8. The van der Waals surface area contributed by atoms with Gasteiger partial charge in [0, 0.05) is 0 Å². The summed E-state index contributed by atoms with van der Waals surface area (Å²) in [6.45, 7) is 4.67. The number of nitrogens with one attached hydrogen (secondary N) is 2. The van der Waals surface area contributed by atoms with E-state index in [4.69, 9.17) is 16.3 Å². The quantitative estimate of drug-likeness (QED) is 0.393. The van der Waals surface area contributed by atoms with Crippen molar-refractivity contribution < 1.29 is 24.9 Å². The van der Waals surface area contributed by atoms with Gasteiger partial charge in [-0.2, -0.15) is 0 Å². The van der Waals surface area contributed by atoms with Crippen LogP contribution in [0.1, 0.15) is 39.5 Å². The van der Waals surface area contributed by atoms with Crippen LogP contribution in [0.5, 0.6) is 0 Å². The van der Waals surface area contributed by atoms with E-state index >= 15 is 0 Å². The number of halogens is 1. The van der Waals surface area contributed by atoms with Crippen molar-refractivity contribution in [2.45, 2.75) is 86.8 Å². The number of amides is 1. The van der Waals surface area contributed by atoms with Crippen molar-refractivity contribution in [2.24, 2.45) is 5.92 Å². The summed E-state index contributed by atoms with van der Waals surface area (Å²) in [5.41, 5.74) is -0.704. The molecule has 9 heteroatoms. The maximum atomic E-state index is 12.8. The standard InChI is InChI=1S/C18H33ClN2O5S/c1-4-10-5-6-11(20-8-7-10)17(25)21-12(9(2)19)16-14(23)13(22)15(24)18(26-16)27-3/h9-16,18,20,22-24H,4-8H2,1-3H3,(H,21,25). The van der Waals surface area contributed by atoms with Crippen molar-refractivity contribution in [2.75, 3.05) is 12.8 Å². The molecule has 1 amide bonds. The maximum Gasteiger partial charge on any atom is 0.237 e. The van der Waals surface area contributed by atoms with Crippen LogP contribution in [0.3, 0.4) is 0 Å². The normalized spacial score (nSPS) is 40.0. The summed E-state index contributed by atoms with van der Waals surface area (Å²) in [5.74, 6) is 0.446. The Labute approximate surface area is 170 Å². The molecular formula is C18H33ClN2O5S. The number of carbonyl (C=O) groups is 1. The molecule has 0 aromatic rings. The number of hydrogen-bond donors (Lipinski definition) is 5. The van der Waals surface area contributed by atoms with Gasteiger partial charge < -0.3 is 30.7 Å². The van der Waals surface area contributed by atoms with E-state index in [0.29, 0.717) is 5.92 Å². The molecule has 0 bridgehead atoms. The molecule has 2 saturated heterocycles. The van der Waals surface area contributed by atoms with E-state index in [1.165, 1.54) is 11.8 Å². The third-order valence-electron chi connectivity index (χ3n) is 5.70. The summed E-state index contributed by atoms with van der Waals surface area (Å²) >= 11 is 7.53. The highest BCUT2D eigenvalue weighted by Gasteiger charge is 2.48. The number of hydrogen-bond acceptors (Lipinski definition) is 7. The summed E-state index contributed by atoms with van der Waals surface area (Å²) in [5, 5.41) is 36.3. The number of ether oxygens (including phenoxy) is 1. The van der Waals surface area contributed by atoms with Crippen molar-refractivity contribution >= 4 is 29.3 Å². The maximum absolute atomic E-state index is 12.8. The van der Waals surface area contributed by atoms with Crippen LogP contribution in [0, 0.1) is 5.92 Å². The summed E-state index contributed by atoms with van der Waals surface area (Å²) in [6, 6.07) is -1.01. The van der Waals surface area contributed by atoms with Gasteiger partial charge in [0.15, 0.2) is 0 Å². The minimum Gasteiger partial charge on any atom is -0.388 e. The van der Waals surface area contributed by atoms with Crippen molar-refractivity contribution in [3.05, 3.63) is 0 Å². The molecule has 2 fully saturated rings. The number of rotatable bonds is 6. The molecule has 158 valence electrons. The second kappa shape index (κ2) is 10.6. The zero-order chi connectivity index (χ0) is 20.1. The highest BCUT2D eigenvalue weighted by atomic mass is 35.5. The fourth-order valence-electron chi connectivity index (χ4n) is 3.83. The summed E-state index contributed by atoms with van der Waals surface area (Å²) in [6.07, 6.45) is 0.816. The number of aliphatic hydroxyl groups excluding tert-OH is 3. The van der Waals surface area contributed by atoms with Gasteiger partial charge in [0.1, 0.15) is 29.9 Å². The van der Waals surface area contributed by atoms with E-state index in [2.05, 4.69) is 17.6 Å². The van der Waals surface area contributed by atoms with Gasteiger partial charge >= 0.3 is 0 Å². The lowest BCUT2D eigenvalue weighted by molar-refractivity contribution is -0.205. The van der Waals surface area contributed by atoms with E-state index in [1.807, 2.05) is 0 Å². The van der Waals surface area contributed by atoms with E-state index in [-0.39, 0.29) is 11.9 Å². The van der Waals surface area contributed by atoms with Gasteiger partial charge in [-0.05, 0) is 44.9 Å². The summed E-state index contributed by atoms with van der Waals surface area (Å²) < 4.78 is 5.78. The fourth-order valence-corrected chi connectivity index (χ4v) is 4.72. The molecule has 9 unspecified atom stereocenters. The van der Waals surface area contributed by atoms with Crippen molar-refractivity contribution in [1.82, 2.24) is 10.6 Å². The Hall–Kier alpha value is -0.0900. The molecule has 2 aliphatic heterocycles. The third-order valence-corrected chi connectivity index (χ3v) is 6.82. The predicted octanol–water partition coefficient (Wildman–Crippen LogP) is 0.437. The Morgan fingerprint density at radius 2 is 1.96 bits per heavy atom. The van der Waals surface area contributed by atoms with Gasteiger partial charge in [-0.3, -0.25) is 4.79 Å². The van der Waals surface area contributed by atoms with Crippen LogP contribution in [-0.2, 0) is 9.53 Å². The molecule has 0 saturated carbocycles. The van der Waals surface area contributed by atoms with Gasteiger partial charge in [0.25, 0.3) is 0 Å². The van der Waals surface area contributed by atoms with Gasteiger partial charge in [0.2, 0.25) is 5.91 Å². The molecule has 0 radical (unpaired) electrons. The minimum absolute atomic E-state index is 0.179. The Morgan fingerprint density at radius 3 is 2.56 bits per heavy atom. The van der Waals surface area contributed by atoms with Gasteiger partial charge in [-0.1, -0.05) is 13.3 Å². The van der Waals surface area contributed by atoms with Crippen molar-refractivity contribution in [1.29, 1.82) is 0 Å². The highest BCUT2D eigenvalue weighted by Crippen LogP contribution is 2.30. The first-order valence-electron chi connectivity index (χ1n) is 9.70. The molecule has 2 heterocycles. The first kappa shape index (κ1) is 23.2. The van der Waals surface area contributed by atoms with E-state index < -0.39 is 41.3 Å². The van der Waals surface area contributed by atoms with Crippen molar-refractivity contribution in [3.63, 3.8) is 0 Å². The van der Waals surface area contributed by atoms with E-state index in [9.17, 15) is 20.1 Å². The number of carbonyl (C=O) groups excluding carboxylic acids is 1. The van der Waals surface area contributed by atoms with Gasteiger partial charge in [-0.25, -0.2) is 0 Å². The predicted molar refractivity (Wildman–Crippen MR) is 107 cm³/mol.